The van der Waals surface area contributed by atoms with Crippen LogP contribution in [0.25, 0.3) is 33.8 Å². The van der Waals surface area contributed by atoms with Gasteiger partial charge in [-0.25, -0.2) is 20.1 Å². The molecule has 4 aromatic rings. The molecule has 0 unspecified atom stereocenters. The number of imidazole rings is 1. The third-order valence-electron chi connectivity index (χ3n) is 4.21. The average Bonchev–Trinajstić information content (AvgIpc) is 3.12. The standard InChI is InChI=1S/C19H19N7O2/c1-19(2,10-27)24-18-20-8-7-14(23-18)15-9-11(17(28)26-25-15)16-21-12-5-3-4-6-13(12)22-16/h3-9,27H,10H2,1-2H3,(H,21,22)(H,26,28)(H,20,23,24). The minimum Gasteiger partial charge on any atom is -0.394 e. The zero-order chi connectivity index (χ0) is 19.7. The first-order valence-corrected chi connectivity index (χ1v) is 8.72. The van der Waals surface area contributed by atoms with Crippen LogP contribution >= 0.6 is 0 Å². The van der Waals surface area contributed by atoms with E-state index in [0.717, 1.165) is 11.0 Å². The normalized spacial score (nSPS) is 11.7. The number of fused-ring (bicyclic) bond motifs is 1. The van der Waals surface area contributed by atoms with E-state index in [-0.39, 0.29) is 12.2 Å². The highest BCUT2D eigenvalue weighted by atomic mass is 16.3. The van der Waals surface area contributed by atoms with E-state index in [1.165, 1.54) is 0 Å². The van der Waals surface area contributed by atoms with E-state index in [2.05, 4.69) is 35.5 Å². The summed E-state index contributed by atoms with van der Waals surface area (Å²) in [6, 6.07) is 10.9. The van der Waals surface area contributed by atoms with Gasteiger partial charge in [-0.3, -0.25) is 4.79 Å². The number of anilines is 1. The van der Waals surface area contributed by atoms with Crippen molar-refractivity contribution in [1.29, 1.82) is 0 Å². The van der Waals surface area contributed by atoms with Crippen LogP contribution in [0.15, 0.2) is 47.4 Å². The lowest BCUT2D eigenvalue weighted by atomic mass is 10.1. The van der Waals surface area contributed by atoms with Gasteiger partial charge in [-0.1, -0.05) is 12.1 Å². The SMILES string of the molecule is CC(C)(CO)Nc1nccc(-c2cc(-c3nc4ccccc4[nH]3)c(=O)[nH]n2)n1. The summed E-state index contributed by atoms with van der Waals surface area (Å²) in [5.41, 5.74) is 2.06. The molecule has 0 radical (unpaired) electrons. The molecule has 0 aliphatic rings. The Balaban J connectivity index is 1.74. The van der Waals surface area contributed by atoms with Crippen molar-refractivity contribution in [3.05, 3.63) is 52.9 Å². The first-order chi connectivity index (χ1) is 13.4. The zero-order valence-corrected chi connectivity index (χ0v) is 15.4. The lowest BCUT2D eigenvalue weighted by Gasteiger charge is -2.23. The third kappa shape index (κ3) is 3.47. The Morgan fingerprint density at radius 1 is 1.14 bits per heavy atom. The number of aromatic nitrogens is 6. The number of aliphatic hydroxyl groups excluding tert-OH is 1. The summed E-state index contributed by atoms with van der Waals surface area (Å²) < 4.78 is 0. The maximum Gasteiger partial charge on any atom is 0.275 e. The molecular weight excluding hydrogens is 358 g/mol. The molecule has 3 heterocycles. The number of nitrogens with one attached hydrogen (secondary N) is 3. The van der Waals surface area contributed by atoms with Gasteiger partial charge in [0.25, 0.3) is 5.56 Å². The maximum absolute atomic E-state index is 12.3. The summed E-state index contributed by atoms with van der Waals surface area (Å²) in [7, 11) is 0. The van der Waals surface area contributed by atoms with E-state index in [4.69, 9.17) is 0 Å². The molecule has 0 fully saturated rings. The van der Waals surface area contributed by atoms with Crippen LogP contribution in [-0.2, 0) is 0 Å². The topological polar surface area (TPSA) is 132 Å². The fourth-order valence-corrected chi connectivity index (χ4v) is 2.70. The van der Waals surface area contributed by atoms with E-state index in [1.54, 1.807) is 18.3 Å². The van der Waals surface area contributed by atoms with Gasteiger partial charge < -0.3 is 15.4 Å². The van der Waals surface area contributed by atoms with Crippen molar-refractivity contribution in [3.8, 4) is 22.8 Å². The maximum atomic E-state index is 12.3. The van der Waals surface area contributed by atoms with Gasteiger partial charge in [0.2, 0.25) is 5.95 Å². The number of nitrogens with zero attached hydrogens (tertiary/aromatic N) is 4. The molecule has 0 bridgehead atoms. The van der Waals surface area contributed by atoms with Crippen molar-refractivity contribution in [2.75, 3.05) is 11.9 Å². The Hall–Kier alpha value is -3.59. The first kappa shape index (κ1) is 17.8. The van der Waals surface area contributed by atoms with Gasteiger partial charge in [0.15, 0.2) is 0 Å². The summed E-state index contributed by atoms with van der Waals surface area (Å²) in [5, 5.41) is 19.1. The molecule has 0 saturated heterocycles. The fraction of sp³-hybridized carbons (Fsp3) is 0.211. The van der Waals surface area contributed by atoms with E-state index in [1.807, 2.05) is 38.1 Å². The molecule has 0 aliphatic heterocycles. The predicted molar refractivity (Wildman–Crippen MR) is 106 cm³/mol. The number of H-pyrrole nitrogens is 2. The Bertz CT molecular complexity index is 1160. The van der Waals surface area contributed by atoms with Gasteiger partial charge in [0.05, 0.1) is 34.4 Å². The minimum absolute atomic E-state index is 0.0757. The summed E-state index contributed by atoms with van der Waals surface area (Å²) in [4.78, 5) is 28.6. The van der Waals surface area contributed by atoms with Gasteiger partial charge in [-0.15, -0.1) is 0 Å². The number of para-hydroxylation sites is 2. The van der Waals surface area contributed by atoms with E-state index >= 15 is 0 Å². The molecule has 0 atom stereocenters. The van der Waals surface area contributed by atoms with Crippen LogP contribution in [-0.4, -0.2) is 47.4 Å². The second kappa shape index (κ2) is 6.86. The highest BCUT2D eigenvalue weighted by Crippen LogP contribution is 2.22. The molecule has 0 aliphatic carbocycles. The van der Waals surface area contributed by atoms with Crippen LogP contribution in [0.3, 0.4) is 0 Å². The lowest BCUT2D eigenvalue weighted by molar-refractivity contribution is 0.233. The quantitative estimate of drug-likeness (QED) is 0.418. The number of aliphatic hydroxyl groups is 1. The number of hydrogen-bond acceptors (Lipinski definition) is 7. The Morgan fingerprint density at radius 3 is 2.75 bits per heavy atom. The third-order valence-corrected chi connectivity index (χ3v) is 4.21. The summed E-state index contributed by atoms with van der Waals surface area (Å²) in [6.07, 6.45) is 1.59. The molecule has 28 heavy (non-hydrogen) atoms. The Kier molecular flexibility index (Phi) is 4.36. The number of rotatable bonds is 5. The van der Waals surface area contributed by atoms with E-state index in [9.17, 15) is 9.90 Å². The second-order valence-corrected chi connectivity index (χ2v) is 7.03. The monoisotopic (exact) mass is 377 g/mol. The average molecular weight is 377 g/mol. The van der Waals surface area contributed by atoms with Gasteiger partial charge in [-0.2, -0.15) is 5.10 Å². The molecule has 4 N–H and O–H groups in total. The van der Waals surface area contributed by atoms with E-state index in [0.29, 0.717) is 28.7 Å². The molecule has 142 valence electrons. The molecule has 9 heteroatoms. The molecule has 0 amide bonds. The van der Waals surface area contributed by atoms with Crippen LogP contribution in [0.1, 0.15) is 13.8 Å². The number of hydrogen-bond donors (Lipinski definition) is 4. The van der Waals surface area contributed by atoms with Gasteiger partial charge in [0.1, 0.15) is 11.5 Å². The second-order valence-electron chi connectivity index (χ2n) is 7.03. The van der Waals surface area contributed by atoms with Crippen molar-refractivity contribution in [3.63, 3.8) is 0 Å². The summed E-state index contributed by atoms with van der Waals surface area (Å²) >= 11 is 0. The minimum atomic E-state index is -0.573. The molecule has 4 rings (SSSR count). The molecule has 9 nitrogen and oxygen atoms in total. The Morgan fingerprint density at radius 2 is 1.96 bits per heavy atom. The van der Waals surface area contributed by atoms with Crippen molar-refractivity contribution < 1.29 is 5.11 Å². The van der Waals surface area contributed by atoms with Crippen LogP contribution < -0.4 is 10.9 Å². The van der Waals surface area contributed by atoms with E-state index < -0.39 is 5.54 Å². The lowest BCUT2D eigenvalue weighted by Crippen LogP contribution is -2.35. The first-order valence-electron chi connectivity index (χ1n) is 8.72. The largest absolute Gasteiger partial charge is 0.394 e. The van der Waals surface area contributed by atoms with Crippen molar-refractivity contribution >= 4 is 17.0 Å². The van der Waals surface area contributed by atoms with Gasteiger partial charge in [0, 0.05) is 6.20 Å². The van der Waals surface area contributed by atoms with Crippen LogP contribution in [0.4, 0.5) is 5.95 Å². The van der Waals surface area contributed by atoms with Crippen LogP contribution in [0, 0.1) is 0 Å². The van der Waals surface area contributed by atoms with Gasteiger partial charge >= 0.3 is 0 Å². The highest BCUT2D eigenvalue weighted by molar-refractivity contribution is 5.79. The van der Waals surface area contributed by atoms with Crippen molar-refractivity contribution in [1.82, 2.24) is 30.1 Å². The number of benzene rings is 1. The van der Waals surface area contributed by atoms with Gasteiger partial charge in [-0.05, 0) is 38.1 Å². The molecule has 1 aromatic carbocycles. The number of aromatic amines is 2. The summed E-state index contributed by atoms with van der Waals surface area (Å²) in [6.45, 7) is 3.59. The van der Waals surface area contributed by atoms with Crippen molar-refractivity contribution in [2.45, 2.75) is 19.4 Å². The fourth-order valence-electron chi connectivity index (χ4n) is 2.70. The predicted octanol–water partition coefficient (Wildman–Crippen LogP) is 1.95. The Labute approximate surface area is 159 Å². The molecule has 0 saturated carbocycles. The summed E-state index contributed by atoms with van der Waals surface area (Å²) in [5.74, 6) is 0.815. The molecule has 3 aromatic heterocycles. The van der Waals surface area contributed by atoms with Crippen LogP contribution in [0.2, 0.25) is 0 Å². The molecule has 0 spiro atoms. The molecular formula is C19H19N7O2. The highest BCUT2D eigenvalue weighted by Gasteiger charge is 2.18. The zero-order valence-electron chi connectivity index (χ0n) is 15.4. The van der Waals surface area contributed by atoms with Crippen molar-refractivity contribution in [2.24, 2.45) is 0 Å². The smallest absolute Gasteiger partial charge is 0.275 e. The van der Waals surface area contributed by atoms with Crippen LogP contribution in [0.5, 0.6) is 0 Å².